The van der Waals surface area contributed by atoms with Crippen LogP contribution in [0.1, 0.15) is 0 Å². The molecule has 0 fully saturated rings. The average Bonchev–Trinajstić information content (AvgIpc) is 2.08. The lowest BCUT2D eigenvalue weighted by atomic mass is 10.2. The second kappa shape index (κ2) is 4.38. The fourth-order valence-electron chi connectivity index (χ4n) is 0.935. The number of hydrogen-bond acceptors (Lipinski definition) is 3. The molecule has 8 heteroatoms. The molecular formula is C7H4FIN2O4. The van der Waals surface area contributed by atoms with E-state index in [4.69, 9.17) is 5.11 Å². The standard InChI is InChI=1S/C7H4FIN2O4/c8-3-1-4(9)6(10-7(12)13)5(2-3)11(14)15/h1-2,10H,(H,12,13). The molecule has 0 aliphatic rings. The molecule has 0 atom stereocenters. The van der Waals surface area contributed by atoms with Crippen LogP contribution in [0.4, 0.5) is 20.6 Å². The number of nitrogens with zero attached hydrogens (tertiary/aromatic N) is 1. The zero-order valence-electron chi connectivity index (χ0n) is 7.03. The predicted octanol–water partition coefficient (Wildman–Crippen LogP) is 2.43. The summed E-state index contributed by atoms with van der Waals surface area (Å²) in [6, 6.07) is 1.66. The third kappa shape index (κ3) is 2.75. The van der Waals surface area contributed by atoms with Gasteiger partial charge in [-0.05, 0) is 28.7 Å². The Morgan fingerprint density at radius 2 is 2.20 bits per heavy atom. The molecule has 1 aromatic rings. The summed E-state index contributed by atoms with van der Waals surface area (Å²) >= 11 is 1.61. The molecule has 0 unspecified atom stereocenters. The molecule has 0 spiro atoms. The molecule has 0 radical (unpaired) electrons. The molecule has 0 bridgehead atoms. The highest BCUT2D eigenvalue weighted by Crippen LogP contribution is 2.30. The summed E-state index contributed by atoms with van der Waals surface area (Å²) in [6.45, 7) is 0. The van der Waals surface area contributed by atoms with Crippen LogP contribution in [-0.2, 0) is 0 Å². The maximum absolute atomic E-state index is 12.8. The molecule has 80 valence electrons. The van der Waals surface area contributed by atoms with Crippen molar-refractivity contribution in [1.82, 2.24) is 0 Å². The second-order valence-electron chi connectivity index (χ2n) is 2.47. The van der Waals surface area contributed by atoms with Crippen LogP contribution < -0.4 is 5.32 Å². The number of carbonyl (C=O) groups is 1. The zero-order valence-corrected chi connectivity index (χ0v) is 9.19. The first kappa shape index (κ1) is 11.6. The third-order valence-electron chi connectivity index (χ3n) is 1.46. The van der Waals surface area contributed by atoms with E-state index in [0.717, 1.165) is 6.07 Å². The number of carboxylic acid groups (broad SMARTS) is 1. The lowest BCUT2D eigenvalue weighted by Crippen LogP contribution is -2.11. The molecule has 0 saturated heterocycles. The largest absolute Gasteiger partial charge is 0.465 e. The minimum atomic E-state index is -1.44. The highest BCUT2D eigenvalue weighted by molar-refractivity contribution is 14.1. The van der Waals surface area contributed by atoms with E-state index in [9.17, 15) is 19.3 Å². The van der Waals surface area contributed by atoms with Gasteiger partial charge in [0, 0.05) is 3.57 Å². The summed E-state index contributed by atoms with van der Waals surface area (Å²) in [4.78, 5) is 20.0. The molecule has 6 nitrogen and oxygen atoms in total. The van der Waals surface area contributed by atoms with Crippen molar-refractivity contribution in [2.24, 2.45) is 0 Å². The number of nitro groups is 1. The fraction of sp³-hybridized carbons (Fsp3) is 0. The summed E-state index contributed by atoms with van der Waals surface area (Å²) in [5.41, 5.74) is -0.837. The smallest absolute Gasteiger partial charge is 0.409 e. The molecule has 1 aromatic carbocycles. The third-order valence-corrected chi connectivity index (χ3v) is 2.31. The Morgan fingerprint density at radius 3 is 2.67 bits per heavy atom. The Kier molecular flexibility index (Phi) is 3.39. The Balaban J connectivity index is 3.33. The molecule has 15 heavy (non-hydrogen) atoms. The van der Waals surface area contributed by atoms with Gasteiger partial charge in [-0.15, -0.1) is 0 Å². The van der Waals surface area contributed by atoms with E-state index >= 15 is 0 Å². The van der Waals surface area contributed by atoms with Crippen molar-refractivity contribution in [3.8, 4) is 0 Å². The van der Waals surface area contributed by atoms with E-state index in [2.05, 4.69) is 0 Å². The summed E-state index contributed by atoms with van der Waals surface area (Å²) in [6.07, 6.45) is -1.44. The van der Waals surface area contributed by atoms with Crippen molar-refractivity contribution in [2.45, 2.75) is 0 Å². The topological polar surface area (TPSA) is 92.5 Å². The summed E-state index contributed by atoms with van der Waals surface area (Å²) in [5, 5.41) is 20.8. The van der Waals surface area contributed by atoms with Gasteiger partial charge in [-0.3, -0.25) is 15.4 Å². The van der Waals surface area contributed by atoms with Gasteiger partial charge in [0.15, 0.2) is 0 Å². The van der Waals surface area contributed by atoms with Crippen LogP contribution in [0.25, 0.3) is 0 Å². The first-order valence-corrected chi connectivity index (χ1v) is 4.63. The van der Waals surface area contributed by atoms with Gasteiger partial charge < -0.3 is 5.11 Å². The fourth-order valence-corrected chi connectivity index (χ4v) is 1.64. The normalized spacial score (nSPS) is 9.73. The second-order valence-corrected chi connectivity index (χ2v) is 3.63. The number of benzene rings is 1. The van der Waals surface area contributed by atoms with Crippen LogP contribution in [0.2, 0.25) is 0 Å². The first-order valence-electron chi connectivity index (χ1n) is 3.55. The van der Waals surface area contributed by atoms with Gasteiger partial charge in [-0.1, -0.05) is 0 Å². The molecule has 0 heterocycles. The number of anilines is 1. The number of rotatable bonds is 2. The SMILES string of the molecule is O=C(O)Nc1c(I)cc(F)cc1[N+](=O)[O-]. The van der Waals surface area contributed by atoms with Gasteiger partial charge in [0.1, 0.15) is 11.5 Å². The lowest BCUT2D eigenvalue weighted by molar-refractivity contribution is -0.384. The molecule has 0 aliphatic heterocycles. The Labute approximate surface area is 96.4 Å². The quantitative estimate of drug-likeness (QED) is 0.496. The number of nitro benzene ring substituents is 1. The van der Waals surface area contributed by atoms with E-state index in [1.807, 2.05) is 5.32 Å². The molecule has 0 saturated carbocycles. The highest BCUT2D eigenvalue weighted by atomic mass is 127. The minimum absolute atomic E-state index is 0.127. The number of halogens is 2. The van der Waals surface area contributed by atoms with E-state index in [1.165, 1.54) is 0 Å². The maximum atomic E-state index is 12.8. The van der Waals surface area contributed by atoms with Crippen LogP contribution in [0.3, 0.4) is 0 Å². The van der Waals surface area contributed by atoms with Crippen molar-refractivity contribution in [3.63, 3.8) is 0 Å². The van der Waals surface area contributed by atoms with Crippen molar-refractivity contribution in [1.29, 1.82) is 0 Å². The van der Waals surface area contributed by atoms with Crippen molar-refractivity contribution in [2.75, 3.05) is 5.32 Å². The predicted molar refractivity (Wildman–Crippen MR) is 57.4 cm³/mol. The van der Waals surface area contributed by atoms with E-state index in [1.54, 1.807) is 22.6 Å². The van der Waals surface area contributed by atoms with E-state index in [-0.39, 0.29) is 9.26 Å². The Morgan fingerprint density at radius 1 is 1.60 bits per heavy atom. The Hall–Kier alpha value is -1.45. The van der Waals surface area contributed by atoms with E-state index < -0.39 is 22.5 Å². The number of amides is 1. The molecule has 1 rings (SSSR count). The average molecular weight is 326 g/mol. The van der Waals surface area contributed by atoms with Crippen LogP contribution >= 0.6 is 22.6 Å². The number of nitrogens with one attached hydrogen (secondary N) is 1. The van der Waals surface area contributed by atoms with E-state index in [0.29, 0.717) is 6.07 Å². The van der Waals surface area contributed by atoms with Gasteiger partial charge >= 0.3 is 6.09 Å². The summed E-state index contributed by atoms with van der Waals surface area (Å²) in [5.74, 6) is -0.790. The molecule has 0 aromatic heterocycles. The molecular weight excluding hydrogens is 322 g/mol. The molecule has 2 N–H and O–H groups in total. The highest BCUT2D eigenvalue weighted by Gasteiger charge is 2.20. The van der Waals surface area contributed by atoms with Gasteiger partial charge in [0.25, 0.3) is 5.69 Å². The number of hydrogen-bond donors (Lipinski definition) is 2. The van der Waals surface area contributed by atoms with Crippen LogP contribution in [0.5, 0.6) is 0 Å². The van der Waals surface area contributed by atoms with Gasteiger partial charge in [-0.25, -0.2) is 9.18 Å². The van der Waals surface area contributed by atoms with Crippen LogP contribution in [0.15, 0.2) is 12.1 Å². The van der Waals surface area contributed by atoms with Gasteiger partial charge in [0.2, 0.25) is 0 Å². The first-order chi connectivity index (χ1) is 6.91. The molecule has 1 amide bonds. The maximum Gasteiger partial charge on any atom is 0.409 e. The van der Waals surface area contributed by atoms with Crippen molar-refractivity contribution in [3.05, 3.63) is 31.6 Å². The summed E-state index contributed by atoms with van der Waals surface area (Å²) < 4.78 is 12.9. The van der Waals surface area contributed by atoms with Crippen LogP contribution in [0, 0.1) is 19.5 Å². The minimum Gasteiger partial charge on any atom is -0.465 e. The van der Waals surface area contributed by atoms with Crippen molar-refractivity contribution < 1.29 is 19.2 Å². The van der Waals surface area contributed by atoms with Gasteiger partial charge in [0.05, 0.1) is 11.0 Å². The molecule has 0 aliphatic carbocycles. The summed E-state index contributed by atoms with van der Waals surface area (Å²) in [7, 11) is 0. The van der Waals surface area contributed by atoms with Gasteiger partial charge in [-0.2, -0.15) is 0 Å². The van der Waals surface area contributed by atoms with Crippen LogP contribution in [-0.4, -0.2) is 16.1 Å². The monoisotopic (exact) mass is 326 g/mol. The lowest BCUT2D eigenvalue weighted by Gasteiger charge is -2.04. The van der Waals surface area contributed by atoms with Crippen molar-refractivity contribution >= 4 is 40.1 Å². The zero-order chi connectivity index (χ0) is 11.6. The Bertz CT molecular complexity index is 437.